The van der Waals surface area contributed by atoms with E-state index in [0.717, 1.165) is 83.8 Å². The molecule has 0 N–H and O–H groups in total. The lowest BCUT2D eigenvalue weighted by molar-refractivity contribution is 0.0566. The van der Waals surface area contributed by atoms with Gasteiger partial charge in [0.2, 0.25) is 0 Å². The van der Waals surface area contributed by atoms with Crippen LogP contribution in [0.2, 0.25) is 0 Å². The Morgan fingerprint density at radius 3 is 2.16 bits per heavy atom. The summed E-state index contributed by atoms with van der Waals surface area (Å²) in [5.74, 6) is -0.312. The Kier molecular flexibility index (Phi) is 12.0. The second-order valence-electron chi connectivity index (χ2n) is 17.5. The van der Waals surface area contributed by atoms with Crippen LogP contribution >= 0.6 is 0 Å². The number of carbonyl (C=O) groups excluding carboxylic acids is 3. The van der Waals surface area contributed by atoms with Crippen molar-refractivity contribution in [2.24, 2.45) is 14.1 Å². The van der Waals surface area contributed by atoms with Crippen molar-refractivity contribution in [3.63, 3.8) is 0 Å². The molecular weight excluding hydrogens is 799 g/mol. The van der Waals surface area contributed by atoms with Crippen molar-refractivity contribution in [3.8, 4) is 17.3 Å². The fourth-order valence-electron chi connectivity index (χ4n) is 9.80. The molecule has 0 saturated carbocycles. The Bertz CT molecular complexity index is 2760. The predicted octanol–water partition coefficient (Wildman–Crippen LogP) is 9.25. The van der Waals surface area contributed by atoms with Gasteiger partial charge in [0.05, 0.1) is 11.3 Å². The SMILES string of the molecule is Cc1c(N(C(=O)c2cc(-c3cc4c(cc3C(=O)N3Cc5ccccc5C[C@H]3CN3CCCCC3)CN(C(=O)OCc3ccccc3)CC4)n(C)c2C)c2ccccc2)cc(C#N)n1C. The number of para-hydroxylation sites is 1. The number of hydrogen-bond acceptors (Lipinski definition) is 6. The van der Waals surface area contributed by atoms with Crippen molar-refractivity contribution in [1.29, 1.82) is 5.26 Å². The molecule has 3 aliphatic rings. The van der Waals surface area contributed by atoms with E-state index in [0.29, 0.717) is 54.3 Å². The van der Waals surface area contributed by atoms with Crippen molar-refractivity contribution in [1.82, 2.24) is 23.8 Å². The lowest BCUT2D eigenvalue weighted by Crippen LogP contribution is -2.51. The third-order valence-corrected chi connectivity index (χ3v) is 13.7. The maximum Gasteiger partial charge on any atom is 0.410 e. The van der Waals surface area contributed by atoms with E-state index < -0.39 is 0 Å². The number of ether oxygens (including phenoxy) is 1. The fraction of sp³-hybridized carbons (Fsp3) is 0.321. The molecule has 3 amide bonds. The van der Waals surface area contributed by atoms with E-state index in [4.69, 9.17) is 4.74 Å². The summed E-state index contributed by atoms with van der Waals surface area (Å²) in [5, 5.41) is 9.94. The number of nitriles is 1. The Hall–Kier alpha value is -6.90. The first-order chi connectivity index (χ1) is 31.1. The Balaban J connectivity index is 1.13. The van der Waals surface area contributed by atoms with Gasteiger partial charge >= 0.3 is 6.09 Å². The van der Waals surface area contributed by atoms with Crippen molar-refractivity contribution >= 4 is 29.3 Å². The topological polar surface area (TPSA) is 107 Å². The van der Waals surface area contributed by atoms with E-state index in [1.165, 1.54) is 12.0 Å². The van der Waals surface area contributed by atoms with Gasteiger partial charge in [-0.05, 0) is 117 Å². The number of aromatic nitrogens is 2. The average molecular weight is 854 g/mol. The molecule has 0 unspecified atom stereocenters. The monoisotopic (exact) mass is 853 g/mol. The van der Waals surface area contributed by atoms with Crippen molar-refractivity contribution in [2.75, 3.05) is 31.1 Å². The molecule has 11 nitrogen and oxygen atoms in total. The fourth-order valence-corrected chi connectivity index (χ4v) is 9.80. The zero-order valence-electron chi connectivity index (χ0n) is 37.2. The van der Waals surface area contributed by atoms with Gasteiger partial charge in [0.25, 0.3) is 11.8 Å². The van der Waals surface area contributed by atoms with E-state index >= 15 is 9.59 Å². The molecule has 4 aromatic carbocycles. The van der Waals surface area contributed by atoms with Gasteiger partial charge in [0.15, 0.2) is 0 Å². The van der Waals surface area contributed by atoms with Crippen LogP contribution < -0.4 is 4.90 Å². The highest BCUT2D eigenvalue weighted by Gasteiger charge is 2.36. The molecule has 5 heterocycles. The van der Waals surface area contributed by atoms with Crippen LogP contribution in [0.15, 0.2) is 109 Å². The van der Waals surface area contributed by atoms with Gasteiger partial charge < -0.3 is 28.6 Å². The van der Waals surface area contributed by atoms with Crippen LogP contribution in [-0.2, 0) is 51.4 Å². The Morgan fingerprint density at radius 1 is 0.734 bits per heavy atom. The number of hydrogen-bond donors (Lipinski definition) is 0. The molecular formula is C53H55N7O4. The van der Waals surface area contributed by atoms with Gasteiger partial charge in [0.1, 0.15) is 18.4 Å². The quantitative estimate of drug-likeness (QED) is 0.144. The minimum atomic E-state index is -0.389. The van der Waals surface area contributed by atoms with Crippen LogP contribution in [0.1, 0.15) is 84.9 Å². The molecule has 0 radical (unpaired) electrons. The maximum absolute atomic E-state index is 15.6. The van der Waals surface area contributed by atoms with Crippen LogP contribution in [-0.4, -0.2) is 74.0 Å². The van der Waals surface area contributed by atoms with Crippen LogP contribution in [0.5, 0.6) is 0 Å². The maximum atomic E-state index is 15.6. The third kappa shape index (κ3) is 8.22. The van der Waals surface area contributed by atoms with Crippen molar-refractivity contribution in [2.45, 2.75) is 71.7 Å². The molecule has 9 rings (SSSR count). The smallest absolute Gasteiger partial charge is 0.410 e. The molecule has 64 heavy (non-hydrogen) atoms. The summed E-state index contributed by atoms with van der Waals surface area (Å²) in [4.78, 5) is 52.2. The van der Waals surface area contributed by atoms with Gasteiger partial charge in [-0.25, -0.2) is 4.79 Å². The van der Waals surface area contributed by atoms with Gasteiger partial charge in [-0.2, -0.15) is 5.26 Å². The highest BCUT2D eigenvalue weighted by atomic mass is 16.6. The molecule has 11 heteroatoms. The van der Waals surface area contributed by atoms with Crippen molar-refractivity contribution in [3.05, 3.63) is 165 Å². The molecule has 0 aliphatic carbocycles. The summed E-state index contributed by atoms with van der Waals surface area (Å²) in [6.45, 7) is 8.16. The number of amides is 3. The standard InChI is InChI=1S/C53H55N7O4/c1-36-46(52(62)60(43-20-10-6-11-21-43)49-29-44(31-54)55(3)37(49)2)30-50(56(36)4)47-27-40-22-25-58(53(63)64-35-38-16-8-5-9-17-38)32-42(40)28-48(47)51(61)59-33-41-19-13-12-18-39(41)26-45(59)34-57-23-14-7-15-24-57/h5-6,8-13,16-21,27-30,45H,7,14-15,22-26,32-35H2,1-4H3/t45-/m0/s1. The molecule has 1 fully saturated rings. The number of benzene rings is 4. The zero-order chi connectivity index (χ0) is 44.5. The van der Waals surface area contributed by atoms with Crippen molar-refractivity contribution < 1.29 is 19.1 Å². The number of likely N-dealkylation sites (tertiary alicyclic amines) is 1. The molecule has 0 bridgehead atoms. The second-order valence-corrected chi connectivity index (χ2v) is 17.5. The summed E-state index contributed by atoms with van der Waals surface area (Å²) >= 11 is 0. The summed E-state index contributed by atoms with van der Waals surface area (Å²) in [7, 11) is 3.78. The minimum Gasteiger partial charge on any atom is -0.445 e. The first kappa shape index (κ1) is 42.4. The first-order valence-electron chi connectivity index (χ1n) is 22.4. The molecule has 0 spiro atoms. The summed E-state index contributed by atoms with van der Waals surface area (Å²) < 4.78 is 9.59. The van der Waals surface area contributed by atoms with Crippen LogP contribution in [0.3, 0.4) is 0 Å². The average Bonchev–Trinajstić information content (AvgIpc) is 3.79. The third-order valence-electron chi connectivity index (χ3n) is 13.7. The largest absolute Gasteiger partial charge is 0.445 e. The molecule has 326 valence electrons. The van der Waals surface area contributed by atoms with Crippen LogP contribution in [0, 0.1) is 25.2 Å². The summed E-state index contributed by atoms with van der Waals surface area (Å²) in [6.07, 6.45) is 4.52. The predicted molar refractivity (Wildman–Crippen MR) is 248 cm³/mol. The Morgan fingerprint density at radius 2 is 1.44 bits per heavy atom. The molecule has 3 aliphatic heterocycles. The lowest BCUT2D eigenvalue weighted by Gasteiger charge is -2.41. The lowest BCUT2D eigenvalue weighted by atomic mass is 9.89. The normalized spacial score (nSPS) is 16.1. The number of rotatable bonds is 9. The Labute approximate surface area is 375 Å². The number of piperidine rings is 1. The number of fused-ring (bicyclic) bond motifs is 2. The van der Waals surface area contributed by atoms with Crippen LogP contribution in [0.25, 0.3) is 11.3 Å². The van der Waals surface area contributed by atoms with Gasteiger partial charge in [-0.3, -0.25) is 14.5 Å². The molecule has 2 aromatic heterocycles. The number of nitrogens with zero attached hydrogens (tertiary/aromatic N) is 7. The van der Waals surface area contributed by atoms with E-state index in [-0.39, 0.29) is 30.6 Å². The number of anilines is 2. The molecule has 6 aromatic rings. The summed E-state index contributed by atoms with van der Waals surface area (Å²) in [6, 6.07) is 37.6. The van der Waals surface area contributed by atoms with E-state index in [2.05, 4.69) is 40.1 Å². The van der Waals surface area contributed by atoms with Crippen LogP contribution in [0.4, 0.5) is 16.2 Å². The highest BCUT2D eigenvalue weighted by Crippen LogP contribution is 2.38. The van der Waals surface area contributed by atoms with Gasteiger partial charge in [-0.15, -0.1) is 0 Å². The zero-order valence-corrected chi connectivity index (χ0v) is 37.2. The van der Waals surface area contributed by atoms with Gasteiger partial charge in [0, 0.05) is 80.2 Å². The highest BCUT2D eigenvalue weighted by molar-refractivity contribution is 6.13. The number of carbonyl (C=O) groups is 3. The van der Waals surface area contributed by atoms with E-state index in [1.807, 2.05) is 111 Å². The first-order valence-corrected chi connectivity index (χ1v) is 22.4. The van der Waals surface area contributed by atoms with E-state index in [9.17, 15) is 10.1 Å². The minimum absolute atomic E-state index is 0.0343. The summed E-state index contributed by atoms with van der Waals surface area (Å²) in [5.41, 5.74) is 11.1. The van der Waals surface area contributed by atoms with E-state index in [1.54, 1.807) is 20.4 Å². The molecule has 1 saturated heterocycles. The van der Waals surface area contributed by atoms with Gasteiger partial charge in [-0.1, -0.05) is 79.2 Å². The second kappa shape index (κ2) is 18.1. The molecule has 1 atom stereocenters.